The van der Waals surface area contributed by atoms with Crippen LogP contribution in [0.15, 0.2) is 65.6 Å². The van der Waals surface area contributed by atoms with E-state index in [1.54, 1.807) is 6.20 Å². The molecular weight excluding hydrogens is 358 g/mol. The molecule has 1 saturated heterocycles. The van der Waals surface area contributed by atoms with Gasteiger partial charge in [-0.05, 0) is 24.3 Å². The van der Waals surface area contributed by atoms with Crippen LogP contribution in [-0.4, -0.2) is 41.1 Å². The first kappa shape index (κ1) is 17.6. The van der Waals surface area contributed by atoms with Gasteiger partial charge in [-0.15, -0.1) is 0 Å². The van der Waals surface area contributed by atoms with Gasteiger partial charge in [0, 0.05) is 44.1 Å². The lowest BCUT2D eigenvalue weighted by Crippen LogP contribution is -2.47. The molecule has 0 radical (unpaired) electrons. The summed E-state index contributed by atoms with van der Waals surface area (Å²) in [4.78, 5) is 28.5. The second-order valence-electron chi connectivity index (χ2n) is 6.46. The molecule has 1 fully saturated rings. The third-order valence-electron chi connectivity index (χ3n) is 4.70. The fourth-order valence-corrected chi connectivity index (χ4v) is 3.54. The number of nitrogens with zero attached hydrogens (tertiary/aromatic N) is 4. The summed E-state index contributed by atoms with van der Waals surface area (Å²) in [6, 6.07) is 17.5. The van der Waals surface area contributed by atoms with Gasteiger partial charge in [-0.2, -0.15) is 12.6 Å². The van der Waals surface area contributed by atoms with Crippen LogP contribution < -0.4 is 15.4 Å². The van der Waals surface area contributed by atoms with Gasteiger partial charge >= 0.3 is 0 Å². The molecule has 4 rings (SSSR count). The third-order valence-corrected chi connectivity index (χ3v) is 5.23. The molecular formula is C20H21N5OS. The van der Waals surface area contributed by atoms with Crippen molar-refractivity contribution in [2.75, 3.05) is 36.0 Å². The van der Waals surface area contributed by atoms with Crippen molar-refractivity contribution in [3.63, 3.8) is 0 Å². The molecule has 7 heteroatoms. The highest BCUT2D eigenvalue weighted by molar-refractivity contribution is 7.80. The van der Waals surface area contributed by atoms with E-state index in [0.29, 0.717) is 11.6 Å². The molecule has 0 bridgehead atoms. The van der Waals surface area contributed by atoms with Crippen LogP contribution in [0.1, 0.15) is 16.6 Å². The molecule has 1 atom stereocenters. The van der Waals surface area contributed by atoms with Crippen molar-refractivity contribution < 1.29 is 0 Å². The van der Waals surface area contributed by atoms with E-state index in [2.05, 4.69) is 61.6 Å². The summed E-state index contributed by atoms with van der Waals surface area (Å²) >= 11 is 4.63. The van der Waals surface area contributed by atoms with Gasteiger partial charge < -0.3 is 9.80 Å². The van der Waals surface area contributed by atoms with Gasteiger partial charge in [0.1, 0.15) is 0 Å². The Balaban J connectivity index is 1.52. The summed E-state index contributed by atoms with van der Waals surface area (Å²) in [5, 5.41) is -0.335. The normalized spacial score (nSPS) is 15.6. The Morgan fingerprint density at radius 3 is 2.33 bits per heavy atom. The zero-order valence-electron chi connectivity index (χ0n) is 14.8. The Morgan fingerprint density at radius 2 is 1.63 bits per heavy atom. The highest BCUT2D eigenvalue weighted by Gasteiger charge is 2.21. The standard InChI is InChI=1S/C20H21N5OS/c26-18-14-17(19(27)16-8-4-5-9-21-16)22-20(23-18)25-12-10-24(11-13-25)15-6-2-1-3-7-15/h1-9,14,19,27H,10-13H2,(H,22,23,26). The number of H-pyrrole nitrogens is 1. The summed E-state index contributed by atoms with van der Waals surface area (Å²) in [7, 11) is 0. The summed E-state index contributed by atoms with van der Waals surface area (Å²) in [6.45, 7) is 3.34. The summed E-state index contributed by atoms with van der Waals surface area (Å²) < 4.78 is 0. The Bertz CT molecular complexity index is 939. The number of thiol groups is 1. The SMILES string of the molecule is O=c1cc(C(S)c2ccccn2)nc(N2CCN(c3ccccc3)CC2)[nH]1. The molecule has 1 unspecified atom stereocenters. The molecule has 6 nitrogen and oxygen atoms in total. The zero-order chi connectivity index (χ0) is 18.6. The van der Waals surface area contributed by atoms with Crippen LogP contribution in [0.5, 0.6) is 0 Å². The van der Waals surface area contributed by atoms with Gasteiger partial charge in [0.15, 0.2) is 0 Å². The van der Waals surface area contributed by atoms with Gasteiger partial charge in [-0.25, -0.2) is 4.98 Å². The van der Waals surface area contributed by atoms with E-state index in [9.17, 15) is 4.79 Å². The number of anilines is 2. The van der Waals surface area contributed by atoms with Crippen molar-refractivity contribution in [2.24, 2.45) is 0 Å². The number of aromatic nitrogens is 3. The quantitative estimate of drug-likeness (QED) is 0.682. The Hall–Kier alpha value is -2.80. The van der Waals surface area contributed by atoms with Gasteiger partial charge in [-0.3, -0.25) is 14.8 Å². The number of hydrogen-bond acceptors (Lipinski definition) is 6. The lowest BCUT2D eigenvalue weighted by Gasteiger charge is -2.36. The Morgan fingerprint density at radius 1 is 0.926 bits per heavy atom. The molecule has 1 aliphatic rings. The summed E-state index contributed by atoms with van der Waals surface area (Å²) in [5.41, 5.74) is 2.44. The maximum Gasteiger partial charge on any atom is 0.252 e. The summed E-state index contributed by atoms with van der Waals surface area (Å²) in [5.74, 6) is 0.597. The van der Waals surface area contributed by atoms with Crippen molar-refractivity contribution in [3.05, 3.63) is 82.5 Å². The number of aromatic amines is 1. The fraction of sp³-hybridized carbons (Fsp3) is 0.250. The maximum absolute atomic E-state index is 12.2. The van der Waals surface area contributed by atoms with Crippen molar-refractivity contribution in [2.45, 2.75) is 5.25 Å². The molecule has 27 heavy (non-hydrogen) atoms. The van der Waals surface area contributed by atoms with E-state index in [-0.39, 0.29) is 10.8 Å². The zero-order valence-corrected chi connectivity index (χ0v) is 15.7. The second-order valence-corrected chi connectivity index (χ2v) is 6.98. The topological polar surface area (TPSA) is 65.1 Å². The number of benzene rings is 1. The van der Waals surface area contributed by atoms with E-state index in [0.717, 1.165) is 31.9 Å². The number of piperazine rings is 1. The van der Waals surface area contributed by atoms with Gasteiger partial charge in [-0.1, -0.05) is 24.3 Å². The molecule has 138 valence electrons. The fourth-order valence-electron chi connectivity index (χ4n) is 3.26. The number of para-hydroxylation sites is 1. The van der Waals surface area contributed by atoms with Crippen molar-refractivity contribution in [1.29, 1.82) is 0 Å². The molecule has 1 aliphatic heterocycles. The molecule has 3 aromatic rings. The average Bonchev–Trinajstić information content (AvgIpc) is 2.74. The molecule has 1 N–H and O–H groups in total. The maximum atomic E-state index is 12.2. The van der Waals surface area contributed by atoms with Crippen LogP contribution >= 0.6 is 12.6 Å². The Labute approximate surface area is 163 Å². The van der Waals surface area contributed by atoms with Crippen LogP contribution in [0.25, 0.3) is 0 Å². The van der Waals surface area contributed by atoms with Crippen molar-refractivity contribution in [1.82, 2.24) is 15.0 Å². The lowest BCUT2D eigenvalue weighted by atomic mass is 10.2. The summed E-state index contributed by atoms with van der Waals surface area (Å²) in [6.07, 6.45) is 1.72. The van der Waals surface area contributed by atoms with Crippen LogP contribution in [-0.2, 0) is 0 Å². The lowest BCUT2D eigenvalue weighted by molar-refractivity contribution is 0.637. The first-order chi connectivity index (χ1) is 13.2. The second kappa shape index (κ2) is 7.84. The van der Waals surface area contributed by atoms with E-state index >= 15 is 0 Å². The molecule has 1 aromatic carbocycles. The van der Waals surface area contributed by atoms with E-state index in [4.69, 9.17) is 0 Å². The number of nitrogens with one attached hydrogen (secondary N) is 1. The number of hydrogen-bond donors (Lipinski definition) is 2. The molecule has 2 aromatic heterocycles. The van der Waals surface area contributed by atoms with Crippen LogP contribution in [0.2, 0.25) is 0 Å². The first-order valence-electron chi connectivity index (χ1n) is 8.96. The monoisotopic (exact) mass is 379 g/mol. The molecule has 3 heterocycles. The van der Waals surface area contributed by atoms with Gasteiger partial charge in [0.05, 0.1) is 16.6 Å². The van der Waals surface area contributed by atoms with Crippen LogP contribution in [0.4, 0.5) is 11.6 Å². The largest absolute Gasteiger partial charge is 0.368 e. The van der Waals surface area contributed by atoms with Crippen molar-refractivity contribution >= 4 is 24.3 Å². The predicted octanol–water partition coefficient (Wildman–Crippen LogP) is 2.51. The van der Waals surface area contributed by atoms with Crippen molar-refractivity contribution in [3.8, 4) is 0 Å². The Kier molecular flexibility index (Phi) is 5.11. The number of rotatable bonds is 4. The van der Waals surface area contributed by atoms with Gasteiger partial charge in [0.2, 0.25) is 5.95 Å². The third kappa shape index (κ3) is 3.98. The van der Waals surface area contributed by atoms with E-state index < -0.39 is 0 Å². The minimum Gasteiger partial charge on any atom is -0.368 e. The molecule has 0 spiro atoms. The first-order valence-corrected chi connectivity index (χ1v) is 9.47. The smallest absolute Gasteiger partial charge is 0.252 e. The molecule has 0 amide bonds. The van der Waals surface area contributed by atoms with E-state index in [1.165, 1.54) is 11.8 Å². The predicted molar refractivity (Wildman–Crippen MR) is 111 cm³/mol. The highest BCUT2D eigenvalue weighted by Crippen LogP contribution is 2.25. The highest BCUT2D eigenvalue weighted by atomic mass is 32.1. The minimum absolute atomic E-state index is 0.171. The number of pyridine rings is 1. The van der Waals surface area contributed by atoms with Gasteiger partial charge in [0.25, 0.3) is 5.56 Å². The molecule has 0 aliphatic carbocycles. The van der Waals surface area contributed by atoms with E-state index in [1.807, 2.05) is 24.3 Å². The van der Waals surface area contributed by atoms with Crippen LogP contribution in [0.3, 0.4) is 0 Å². The van der Waals surface area contributed by atoms with Crippen LogP contribution in [0, 0.1) is 0 Å². The molecule has 0 saturated carbocycles. The minimum atomic E-state index is -0.335. The average molecular weight is 379 g/mol.